The van der Waals surface area contributed by atoms with Crippen molar-refractivity contribution in [2.45, 2.75) is 43.7 Å². The molecule has 22 heavy (non-hydrogen) atoms. The highest BCUT2D eigenvalue weighted by atomic mass is 35.5. The Balaban J connectivity index is 2.13. The molecule has 7 heteroatoms. The predicted octanol–water partition coefficient (Wildman–Crippen LogP) is 1.97. The van der Waals surface area contributed by atoms with Crippen molar-refractivity contribution in [2.75, 3.05) is 13.1 Å². The van der Waals surface area contributed by atoms with Gasteiger partial charge in [0, 0.05) is 13.1 Å². The molecule has 1 aliphatic heterocycles. The van der Waals surface area contributed by atoms with Crippen molar-refractivity contribution < 1.29 is 13.5 Å². The topological polar surface area (TPSA) is 83.6 Å². The zero-order valence-corrected chi connectivity index (χ0v) is 14.5. The second kappa shape index (κ2) is 6.45. The number of piperidine rings is 1. The van der Waals surface area contributed by atoms with Crippen LogP contribution in [0, 0.1) is 5.92 Å². The van der Waals surface area contributed by atoms with Crippen molar-refractivity contribution in [2.24, 2.45) is 11.1 Å². The number of halogens is 1. The van der Waals surface area contributed by atoms with Crippen molar-refractivity contribution in [1.29, 1.82) is 0 Å². The highest BCUT2D eigenvalue weighted by molar-refractivity contribution is 7.89. The number of primary sulfonamides is 1. The fourth-order valence-electron chi connectivity index (χ4n) is 2.89. The molecule has 5 nitrogen and oxygen atoms in total. The molecular weight excluding hydrogens is 324 g/mol. The first-order valence-electron chi connectivity index (χ1n) is 7.38. The molecule has 1 atom stereocenters. The molecule has 0 radical (unpaired) electrons. The van der Waals surface area contributed by atoms with Gasteiger partial charge in [-0.15, -0.1) is 0 Å². The first-order valence-corrected chi connectivity index (χ1v) is 9.30. The molecule has 1 aromatic carbocycles. The SMILES string of the molecule is CC(C)C1(O)CCCN(Cc2ccc(S(N)(=O)=O)c(Cl)c2)C1. The molecule has 0 aromatic heterocycles. The summed E-state index contributed by atoms with van der Waals surface area (Å²) in [5.74, 6) is 0.198. The largest absolute Gasteiger partial charge is 0.388 e. The molecule has 1 heterocycles. The summed E-state index contributed by atoms with van der Waals surface area (Å²) in [6.45, 7) is 6.20. The summed E-state index contributed by atoms with van der Waals surface area (Å²) in [5.41, 5.74) is 0.244. The Morgan fingerprint density at radius 3 is 2.68 bits per heavy atom. The second-order valence-corrected chi connectivity index (χ2v) is 8.32. The molecule has 0 spiro atoms. The lowest BCUT2D eigenvalue weighted by Gasteiger charge is -2.42. The highest BCUT2D eigenvalue weighted by Crippen LogP contribution is 2.30. The summed E-state index contributed by atoms with van der Waals surface area (Å²) in [5, 5.41) is 15.9. The van der Waals surface area contributed by atoms with Crippen molar-refractivity contribution >= 4 is 21.6 Å². The summed E-state index contributed by atoms with van der Waals surface area (Å²) >= 11 is 6.01. The van der Waals surface area contributed by atoms with Crippen LogP contribution in [0.4, 0.5) is 0 Å². The van der Waals surface area contributed by atoms with Gasteiger partial charge in [-0.05, 0) is 43.0 Å². The zero-order chi connectivity index (χ0) is 16.5. The van der Waals surface area contributed by atoms with E-state index in [0.717, 1.165) is 24.9 Å². The summed E-state index contributed by atoms with van der Waals surface area (Å²) in [4.78, 5) is 2.11. The Morgan fingerprint density at radius 2 is 2.14 bits per heavy atom. The normalized spacial score (nSPS) is 23.9. The number of likely N-dealkylation sites (tertiary alicyclic amines) is 1. The quantitative estimate of drug-likeness (QED) is 0.873. The molecule has 2 rings (SSSR count). The van der Waals surface area contributed by atoms with Gasteiger partial charge in [0.05, 0.1) is 10.6 Å². The van der Waals surface area contributed by atoms with Gasteiger partial charge in [-0.3, -0.25) is 4.90 Å². The number of rotatable bonds is 4. The lowest BCUT2D eigenvalue weighted by Crippen LogP contribution is -2.50. The molecule has 1 aliphatic rings. The standard InChI is InChI=1S/C15H23ClN2O3S/c1-11(2)15(19)6-3-7-18(10-15)9-12-4-5-14(13(16)8-12)22(17,20)21/h4-5,8,11,19H,3,6-7,9-10H2,1-2H3,(H2,17,20,21). The van der Waals surface area contributed by atoms with Gasteiger partial charge in [-0.2, -0.15) is 0 Å². The van der Waals surface area contributed by atoms with E-state index in [-0.39, 0.29) is 15.8 Å². The maximum atomic E-state index is 11.4. The number of benzene rings is 1. The van der Waals surface area contributed by atoms with E-state index < -0.39 is 15.6 Å². The third-order valence-electron chi connectivity index (χ3n) is 4.37. The van der Waals surface area contributed by atoms with Gasteiger partial charge in [0.25, 0.3) is 0 Å². The predicted molar refractivity (Wildman–Crippen MR) is 87.1 cm³/mol. The van der Waals surface area contributed by atoms with Gasteiger partial charge in [0.1, 0.15) is 4.90 Å². The Morgan fingerprint density at radius 1 is 1.45 bits per heavy atom. The Labute approximate surface area is 137 Å². The summed E-state index contributed by atoms with van der Waals surface area (Å²) in [6.07, 6.45) is 1.75. The highest BCUT2D eigenvalue weighted by Gasteiger charge is 2.35. The van der Waals surface area contributed by atoms with Crippen molar-refractivity contribution in [1.82, 2.24) is 4.90 Å². The Hall–Kier alpha value is -0.660. The number of β-amino-alcohol motifs (C(OH)–C–C–N with tert-alkyl or cyclic N) is 1. The molecule has 124 valence electrons. The molecule has 3 N–H and O–H groups in total. The van der Waals surface area contributed by atoms with E-state index in [4.69, 9.17) is 16.7 Å². The average Bonchev–Trinajstić information content (AvgIpc) is 2.37. The fourth-order valence-corrected chi connectivity index (χ4v) is 4.01. The number of nitrogens with two attached hydrogens (primary N) is 1. The molecule has 0 aliphatic carbocycles. The van der Waals surface area contributed by atoms with E-state index >= 15 is 0 Å². The van der Waals surface area contributed by atoms with Gasteiger partial charge in [0.15, 0.2) is 0 Å². The average molecular weight is 347 g/mol. The molecule has 0 bridgehead atoms. The Kier molecular flexibility index (Phi) is 5.19. The Bertz CT molecular complexity index is 648. The number of hydrogen-bond donors (Lipinski definition) is 2. The van der Waals surface area contributed by atoms with Gasteiger partial charge >= 0.3 is 0 Å². The smallest absolute Gasteiger partial charge is 0.239 e. The van der Waals surface area contributed by atoms with Gasteiger partial charge in [0.2, 0.25) is 10.0 Å². The van der Waals surface area contributed by atoms with Gasteiger partial charge in [-0.25, -0.2) is 13.6 Å². The van der Waals surface area contributed by atoms with Crippen LogP contribution in [0.15, 0.2) is 23.1 Å². The van der Waals surface area contributed by atoms with E-state index in [0.29, 0.717) is 13.1 Å². The van der Waals surface area contributed by atoms with Crippen molar-refractivity contribution in [3.05, 3.63) is 28.8 Å². The molecule has 1 unspecified atom stereocenters. The van der Waals surface area contributed by atoms with E-state index in [9.17, 15) is 13.5 Å². The number of hydrogen-bond acceptors (Lipinski definition) is 4. The van der Waals surface area contributed by atoms with E-state index in [2.05, 4.69) is 4.90 Å². The molecule has 1 aromatic rings. The minimum Gasteiger partial charge on any atom is -0.388 e. The molecule has 1 fully saturated rings. The van der Waals surface area contributed by atoms with Crippen LogP contribution in [0.5, 0.6) is 0 Å². The fraction of sp³-hybridized carbons (Fsp3) is 0.600. The molecule has 1 saturated heterocycles. The number of sulfonamides is 1. The maximum absolute atomic E-state index is 11.4. The van der Waals surface area contributed by atoms with Crippen LogP contribution < -0.4 is 5.14 Å². The second-order valence-electron chi connectivity index (χ2n) is 6.38. The number of nitrogens with zero attached hydrogens (tertiary/aromatic N) is 1. The van der Waals surface area contributed by atoms with Gasteiger partial charge < -0.3 is 5.11 Å². The van der Waals surface area contributed by atoms with Crippen molar-refractivity contribution in [3.63, 3.8) is 0 Å². The van der Waals surface area contributed by atoms with Crippen LogP contribution in [0.1, 0.15) is 32.3 Å². The van der Waals surface area contributed by atoms with Crippen LogP contribution in [0.3, 0.4) is 0 Å². The summed E-state index contributed by atoms with van der Waals surface area (Å²) in [7, 11) is -3.80. The molecule has 0 amide bonds. The molecular formula is C15H23ClN2O3S. The van der Waals surface area contributed by atoms with E-state index in [1.165, 1.54) is 6.07 Å². The summed E-state index contributed by atoms with van der Waals surface area (Å²) < 4.78 is 22.7. The van der Waals surface area contributed by atoms with Crippen LogP contribution >= 0.6 is 11.6 Å². The zero-order valence-electron chi connectivity index (χ0n) is 12.9. The third-order valence-corrected chi connectivity index (χ3v) is 5.76. The monoisotopic (exact) mass is 346 g/mol. The lowest BCUT2D eigenvalue weighted by atomic mass is 9.83. The van der Waals surface area contributed by atoms with E-state index in [1.807, 2.05) is 13.8 Å². The van der Waals surface area contributed by atoms with Crippen LogP contribution in [0.2, 0.25) is 5.02 Å². The van der Waals surface area contributed by atoms with Crippen LogP contribution in [-0.2, 0) is 16.6 Å². The van der Waals surface area contributed by atoms with Gasteiger partial charge in [-0.1, -0.05) is 31.5 Å². The minimum absolute atomic E-state index is 0.0600. The first kappa shape index (κ1) is 17.7. The lowest BCUT2D eigenvalue weighted by molar-refractivity contribution is -0.0666. The first-order chi connectivity index (χ1) is 10.1. The van der Waals surface area contributed by atoms with Crippen molar-refractivity contribution in [3.8, 4) is 0 Å². The number of aliphatic hydroxyl groups is 1. The van der Waals surface area contributed by atoms with E-state index in [1.54, 1.807) is 12.1 Å². The van der Waals surface area contributed by atoms with Crippen LogP contribution in [0.25, 0.3) is 0 Å². The minimum atomic E-state index is -3.80. The summed E-state index contributed by atoms with van der Waals surface area (Å²) in [6, 6.07) is 4.78. The third kappa shape index (κ3) is 4.00. The molecule has 0 saturated carbocycles. The van der Waals surface area contributed by atoms with Crippen LogP contribution in [-0.4, -0.2) is 37.1 Å². The maximum Gasteiger partial charge on any atom is 0.239 e.